The third kappa shape index (κ3) is 4.33. The summed E-state index contributed by atoms with van der Waals surface area (Å²) < 4.78 is 5.55. The van der Waals surface area contributed by atoms with Crippen LogP contribution in [0.4, 0.5) is 5.69 Å². The van der Waals surface area contributed by atoms with Crippen molar-refractivity contribution in [3.63, 3.8) is 0 Å². The molecule has 0 radical (unpaired) electrons. The highest BCUT2D eigenvalue weighted by Gasteiger charge is 2.07. The first-order valence-corrected chi connectivity index (χ1v) is 7.32. The number of rotatable bonds is 5. The zero-order valence-corrected chi connectivity index (χ0v) is 13.0. The molecule has 0 fully saturated rings. The molecule has 22 heavy (non-hydrogen) atoms. The number of benzene rings is 2. The van der Waals surface area contributed by atoms with E-state index in [4.69, 9.17) is 4.74 Å². The van der Waals surface area contributed by atoms with Crippen molar-refractivity contribution < 1.29 is 14.6 Å². The van der Waals surface area contributed by atoms with E-state index < -0.39 is 6.10 Å². The quantitative estimate of drug-likeness (QED) is 0.883. The van der Waals surface area contributed by atoms with Gasteiger partial charge >= 0.3 is 0 Å². The SMILES string of the molecule is CC(C)Oc1ccc(C(=O)Nc2ccc([C@@H](C)O)cc2)cc1. The number of nitrogens with one attached hydrogen (secondary N) is 1. The molecule has 0 bridgehead atoms. The highest BCUT2D eigenvalue weighted by Crippen LogP contribution is 2.18. The molecule has 2 aromatic rings. The van der Waals surface area contributed by atoms with Crippen LogP contribution in [0.25, 0.3) is 0 Å². The van der Waals surface area contributed by atoms with Crippen molar-refractivity contribution in [1.82, 2.24) is 0 Å². The molecule has 0 spiro atoms. The summed E-state index contributed by atoms with van der Waals surface area (Å²) in [6, 6.07) is 14.2. The van der Waals surface area contributed by atoms with Gasteiger partial charge in [-0.15, -0.1) is 0 Å². The Morgan fingerprint density at radius 1 is 1.00 bits per heavy atom. The number of anilines is 1. The van der Waals surface area contributed by atoms with E-state index in [2.05, 4.69) is 5.32 Å². The summed E-state index contributed by atoms with van der Waals surface area (Å²) in [6.07, 6.45) is -0.412. The van der Waals surface area contributed by atoms with E-state index in [-0.39, 0.29) is 12.0 Å². The van der Waals surface area contributed by atoms with Crippen LogP contribution in [-0.4, -0.2) is 17.1 Å². The maximum atomic E-state index is 12.2. The Balaban J connectivity index is 2.02. The van der Waals surface area contributed by atoms with E-state index in [1.165, 1.54) is 0 Å². The molecular weight excluding hydrogens is 278 g/mol. The molecule has 1 amide bonds. The Labute approximate surface area is 130 Å². The summed E-state index contributed by atoms with van der Waals surface area (Å²) in [4.78, 5) is 12.2. The molecule has 4 heteroatoms. The number of ether oxygens (including phenoxy) is 1. The Hall–Kier alpha value is -2.33. The number of carbonyl (C=O) groups is 1. The fourth-order valence-corrected chi connectivity index (χ4v) is 2.01. The second-order valence-electron chi connectivity index (χ2n) is 5.44. The topological polar surface area (TPSA) is 58.6 Å². The molecule has 116 valence electrons. The third-order valence-electron chi connectivity index (χ3n) is 3.14. The molecule has 0 saturated heterocycles. The third-order valence-corrected chi connectivity index (χ3v) is 3.14. The minimum atomic E-state index is -0.516. The average Bonchev–Trinajstić information content (AvgIpc) is 2.48. The van der Waals surface area contributed by atoms with Crippen molar-refractivity contribution in [1.29, 1.82) is 0 Å². The first-order chi connectivity index (χ1) is 10.5. The summed E-state index contributed by atoms with van der Waals surface area (Å²) in [5.74, 6) is 0.564. The number of aliphatic hydroxyl groups excluding tert-OH is 1. The van der Waals surface area contributed by atoms with Crippen LogP contribution in [0, 0.1) is 0 Å². The Kier molecular flexibility index (Phi) is 5.17. The Morgan fingerprint density at radius 2 is 1.59 bits per heavy atom. The average molecular weight is 299 g/mol. The van der Waals surface area contributed by atoms with Gasteiger partial charge in [-0.3, -0.25) is 4.79 Å². The summed E-state index contributed by atoms with van der Waals surface area (Å²) in [5, 5.41) is 12.3. The molecule has 0 heterocycles. The highest BCUT2D eigenvalue weighted by molar-refractivity contribution is 6.04. The first kappa shape index (κ1) is 16.0. The predicted molar refractivity (Wildman–Crippen MR) is 87.2 cm³/mol. The van der Waals surface area contributed by atoms with Gasteiger partial charge in [0.1, 0.15) is 5.75 Å². The van der Waals surface area contributed by atoms with Gasteiger partial charge < -0.3 is 15.2 Å². The molecule has 0 aliphatic carbocycles. The summed E-state index contributed by atoms with van der Waals surface area (Å²) >= 11 is 0. The number of aliphatic hydroxyl groups is 1. The molecule has 2 rings (SSSR count). The van der Waals surface area contributed by atoms with E-state index >= 15 is 0 Å². The van der Waals surface area contributed by atoms with Crippen molar-refractivity contribution in [2.24, 2.45) is 0 Å². The molecular formula is C18H21NO3. The second-order valence-corrected chi connectivity index (χ2v) is 5.44. The van der Waals surface area contributed by atoms with E-state index in [1.54, 1.807) is 55.5 Å². The summed E-state index contributed by atoms with van der Waals surface area (Å²) in [5.41, 5.74) is 2.07. The minimum Gasteiger partial charge on any atom is -0.491 e. The smallest absolute Gasteiger partial charge is 0.255 e. The Morgan fingerprint density at radius 3 is 2.09 bits per heavy atom. The zero-order chi connectivity index (χ0) is 16.1. The van der Waals surface area contributed by atoms with Crippen molar-refractivity contribution in [2.45, 2.75) is 33.0 Å². The van der Waals surface area contributed by atoms with Gasteiger partial charge in [0.15, 0.2) is 0 Å². The first-order valence-electron chi connectivity index (χ1n) is 7.32. The van der Waals surface area contributed by atoms with Gasteiger partial charge in [-0.2, -0.15) is 0 Å². The van der Waals surface area contributed by atoms with E-state index in [0.29, 0.717) is 11.3 Å². The molecule has 0 unspecified atom stereocenters. The van der Waals surface area contributed by atoms with E-state index in [1.807, 2.05) is 13.8 Å². The molecule has 0 aliphatic rings. The number of carbonyl (C=O) groups excluding carboxylic acids is 1. The van der Waals surface area contributed by atoms with Gasteiger partial charge in [-0.1, -0.05) is 12.1 Å². The maximum absolute atomic E-state index is 12.2. The van der Waals surface area contributed by atoms with Crippen LogP contribution in [0.5, 0.6) is 5.75 Å². The van der Waals surface area contributed by atoms with Crippen molar-refractivity contribution in [3.05, 3.63) is 59.7 Å². The Bertz CT molecular complexity index is 616. The normalized spacial score (nSPS) is 12.0. The maximum Gasteiger partial charge on any atom is 0.255 e. The molecule has 0 saturated carbocycles. The van der Waals surface area contributed by atoms with Crippen molar-refractivity contribution in [2.75, 3.05) is 5.32 Å². The number of amides is 1. The van der Waals surface area contributed by atoms with Gasteiger partial charge in [0.2, 0.25) is 0 Å². The molecule has 2 aromatic carbocycles. The van der Waals surface area contributed by atoms with E-state index in [0.717, 1.165) is 11.3 Å². The zero-order valence-electron chi connectivity index (χ0n) is 13.0. The lowest BCUT2D eigenvalue weighted by atomic mass is 10.1. The van der Waals surface area contributed by atoms with Crippen LogP contribution in [0.1, 0.15) is 42.8 Å². The van der Waals surface area contributed by atoms with Crippen LogP contribution in [0.3, 0.4) is 0 Å². The molecule has 2 N–H and O–H groups in total. The van der Waals surface area contributed by atoms with Crippen LogP contribution < -0.4 is 10.1 Å². The van der Waals surface area contributed by atoms with Gasteiger partial charge in [0, 0.05) is 11.3 Å². The number of hydrogen-bond donors (Lipinski definition) is 2. The van der Waals surface area contributed by atoms with Crippen molar-refractivity contribution >= 4 is 11.6 Å². The number of hydrogen-bond acceptors (Lipinski definition) is 3. The van der Waals surface area contributed by atoms with Crippen LogP contribution in [0.15, 0.2) is 48.5 Å². The molecule has 0 aromatic heterocycles. The van der Waals surface area contributed by atoms with Gasteiger partial charge in [-0.25, -0.2) is 0 Å². The van der Waals surface area contributed by atoms with Gasteiger partial charge in [-0.05, 0) is 62.7 Å². The fraction of sp³-hybridized carbons (Fsp3) is 0.278. The van der Waals surface area contributed by atoms with Crippen LogP contribution >= 0.6 is 0 Å². The lowest BCUT2D eigenvalue weighted by molar-refractivity contribution is 0.102. The largest absolute Gasteiger partial charge is 0.491 e. The van der Waals surface area contributed by atoms with Crippen molar-refractivity contribution in [3.8, 4) is 5.75 Å². The van der Waals surface area contributed by atoms with Gasteiger partial charge in [0.25, 0.3) is 5.91 Å². The monoisotopic (exact) mass is 299 g/mol. The lowest BCUT2D eigenvalue weighted by Gasteiger charge is -2.11. The second kappa shape index (κ2) is 7.09. The lowest BCUT2D eigenvalue weighted by Crippen LogP contribution is -2.12. The van der Waals surface area contributed by atoms with E-state index in [9.17, 15) is 9.90 Å². The standard InChI is InChI=1S/C18H21NO3/c1-12(2)22-17-10-6-15(7-11-17)18(21)19-16-8-4-14(5-9-16)13(3)20/h4-13,20H,1-3H3,(H,19,21)/t13-/m1/s1. The molecule has 1 atom stereocenters. The highest BCUT2D eigenvalue weighted by atomic mass is 16.5. The predicted octanol–water partition coefficient (Wildman–Crippen LogP) is 3.78. The molecule has 0 aliphatic heterocycles. The fourth-order valence-electron chi connectivity index (χ4n) is 2.01. The van der Waals surface area contributed by atoms with Crippen LogP contribution in [-0.2, 0) is 0 Å². The summed E-state index contributed by atoms with van der Waals surface area (Å²) in [6.45, 7) is 5.61. The van der Waals surface area contributed by atoms with Crippen LogP contribution in [0.2, 0.25) is 0 Å². The van der Waals surface area contributed by atoms with Gasteiger partial charge in [0.05, 0.1) is 12.2 Å². The molecule has 4 nitrogen and oxygen atoms in total. The summed E-state index contributed by atoms with van der Waals surface area (Å²) in [7, 11) is 0. The minimum absolute atomic E-state index is 0.104.